The van der Waals surface area contributed by atoms with Crippen molar-refractivity contribution in [3.63, 3.8) is 0 Å². The van der Waals surface area contributed by atoms with E-state index < -0.39 is 6.04 Å². The van der Waals surface area contributed by atoms with Crippen molar-refractivity contribution in [2.45, 2.75) is 26.3 Å². The summed E-state index contributed by atoms with van der Waals surface area (Å²) in [6, 6.07) is 5.38. The third kappa shape index (κ3) is 5.02. The average Bonchev–Trinajstić information content (AvgIpc) is 2.35. The van der Waals surface area contributed by atoms with E-state index >= 15 is 0 Å². The summed E-state index contributed by atoms with van der Waals surface area (Å²) in [5.74, 6) is 0.163. The molecule has 0 radical (unpaired) electrons. The van der Waals surface area contributed by atoms with Crippen LogP contribution >= 0.6 is 12.4 Å². The topological polar surface area (TPSA) is 59.2 Å². The van der Waals surface area contributed by atoms with Crippen LogP contribution in [0.1, 0.15) is 19.5 Å². The Bertz CT molecular complexity index is 357. The van der Waals surface area contributed by atoms with E-state index in [1.807, 2.05) is 32.0 Å². The Morgan fingerprint density at radius 2 is 2.11 bits per heavy atom. The number of hydrogen-bond donors (Lipinski definition) is 1. The molecule has 1 atom stereocenters. The Hall–Kier alpha value is -1.13. The van der Waals surface area contributed by atoms with Crippen LogP contribution in [0.2, 0.25) is 0 Å². The van der Waals surface area contributed by atoms with Crippen LogP contribution in [0.25, 0.3) is 0 Å². The number of halogens is 1. The first kappa shape index (κ1) is 16.9. The molecule has 0 bridgehead atoms. The Morgan fingerprint density at radius 1 is 1.44 bits per heavy atom. The number of amides is 1. The van der Waals surface area contributed by atoms with Crippen LogP contribution in [0.5, 0.6) is 0 Å². The number of carbonyl (C=O) groups excluding carboxylic acids is 1. The zero-order chi connectivity index (χ0) is 12.8. The van der Waals surface area contributed by atoms with Gasteiger partial charge in [-0.25, -0.2) is 0 Å². The maximum atomic E-state index is 11.9. The predicted molar refractivity (Wildman–Crippen MR) is 75.6 cm³/mol. The Balaban J connectivity index is 0.00000289. The number of aromatic nitrogens is 1. The van der Waals surface area contributed by atoms with Gasteiger partial charge in [0, 0.05) is 31.9 Å². The van der Waals surface area contributed by atoms with Gasteiger partial charge in [0.05, 0.1) is 6.04 Å². The molecule has 0 saturated heterocycles. The summed E-state index contributed by atoms with van der Waals surface area (Å²) in [7, 11) is 1.79. The molecular weight excluding hydrogens is 250 g/mol. The van der Waals surface area contributed by atoms with Crippen molar-refractivity contribution in [3.8, 4) is 0 Å². The van der Waals surface area contributed by atoms with Gasteiger partial charge in [-0.3, -0.25) is 9.78 Å². The minimum absolute atomic E-state index is 0. The molecule has 0 unspecified atom stereocenters. The number of nitrogens with zero attached hydrogens (tertiary/aromatic N) is 2. The second-order valence-electron chi connectivity index (χ2n) is 4.60. The van der Waals surface area contributed by atoms with Gasteiger partial charge in [-0.15, -0.1) is 12.4 Å². The molecule has 18 heavy (non-hydrogen) atoms. The van der Waals surface area contributed by atoms with Crippen LogP contribution in [0.4, 0.5) is 0 Å². The van der Waals surface area contributed by atoms with Crippen LogP contribution in [-0.4, -0.2) is 35.4 Å². The molecule has 0 aliphatic heterocycles. The van der Waals surface area contributed by atoms with Crippen LogP contribution in [0.15, 0.2) is 24.4 Å². The number of rotatable bonds is 5. The van der Waals surface area contributed by atoms with E-state index in [-0.39, 0.29) is 24.2 Å². The molecule has 0 spiro atoms. The zero-order valence-corrected chi connectivity index (χ0v) is 12.0. The van der Waals surface area contributed by atoms with E-state index in [1.54, 1.807) is 18.1 Å². The quantitative estimate of drug-likeness (QED) is 0.883. The lowest BCUT2D eigenvalue weighted by Crippen LogP contribution is -2.45. The summed E-state index contributed by atoms with van der Waals surface area (Å²) in [5, 5.41) is 0. The molecule has 0 aliphatic rings. The Morgan fingerprint density at radius 3 is 2.61 bits per heavy atom. The van der Waals surface area contributed by atoms with Crippen LogP contribution < -0.4 is 5.73 Å². The van der Waals surface area contributed by atoms with Gasteiger partial charge in [0.1, 0.15) is 0 Å². The van der Waals surface area contributed by atoms with Gasteiger partial charge in [0.25, 0.3) is 0 Å². The van der Waals surface area contributed by atoms with Gasteiger partial charge in [-0.05, 0) is 18.1 Å². The highest BCUT2D eigenvalue weighted by Crippen LogP contribution is 2.03. The fourth-order valence-corrected chi connectivity index (χ4v) is 1.48. The molecule has 2 N–H and O–H groups in total. The third-order valence-electron chi connectivity index (χ3n) is 2.81. The first-order valence-corrected chi connectivity index (χ1v) is 5.93. The lowest BCUT2D eigenvalue weighted by atomic mass is 10.0. The van der Waals surface area contributed by atoms with Crippen molar-refractivity contribution in [1.82, 2.24) is 9.88 Å². The molecule has 1 aromatic heterocycles. The number of carbonyl (C=O) groups is 1. The molecule has 0 fully saturated rings. The molecule has 0 aliphatic carbocycles. The van der Waals surface area contributed by atoms with Gasteiger partial charge in [0.2, 0.25) is 5.91 Å². The summed E-state index contributed by atoms with van der Waals surface area (Å²) in [5.41, 5.74) is 6.81. The predicted octanol–water partition coefficient (Wildman–Crippen LogP) is 1.49. The van der Waals surface area contributed by atoms with Crippen molar-refractivity contribution in [2.75, 3.05) is 13.6 Å². The molecule has 102 valence electrons. The molecule has 0 saturated carbocycles. The SMILES string of the molecule is CC(C)[C@@H](N)C(=O)N(C)CCc1ccccn1.Cl. The minimum Gasteiger partial charge on any atom is -0.344 e. The molecule has 1 aromatic rings. The van der Waals surface area contributed by atoms with Gasteiger partial charge < -0.3 is 10.6 Å². The van der Waals surface area contributed by atoms with Crippen molar-refractivity contribution in [2.24, 2.45) is 11.7 Å². The van der Waals surface area contributed by atoms with Gasteiger partial charge >= 0.3 is 0 Å². The first-order chi connectivity index (χ1) is 8.02. The van der Waals surface area contributed by atoms with Gasteiger partial charge in [-0.1, -0.05) is 19.9 Å². The van der Waals surface area contributed by atoms with E-state index in [0.29, 0.717) is 6.54 Å². The van der Waals surface area contributed by atoms with Crippen LogP contribution in [0.3, 0.4) is 0 Å². The first-order valence-electron chi connectivity index (χ1n) is 5.93. The Kier molecular flexibility index (Phi) is 7.55. The molecular formula is C13H22ClN3O. The second kappa shape index (κ2) is 8.06. The van der Waals surface area contributed by atoms with Crippen LogP contribution in [-0.2, 0) is 11.2 Å². The zero-order valence-electron chi connectivity index (χ0n) is 11.2. The Labute approximate surface area is 115 Å². The standard InChI is InChI=1S/C13H21N3O.ClH/c1-10(2)12(14)13(17)16(3)9-7-11-6-4-5-8-15-11;/h4-6,8,10,12H,7,9,14H2,1-3H3;1H/t12-;/m1./s1. The molecule has 1 rings (SSSR count). The minimum atomic E-state index is -0.413. The number of nitrogens with two attached hydrogens (primary N) is 1. The smallest absolute Gasteiger partial charge is 0.239 e. The lowest BCUT2D eigenvalue weighted by Gasteiger charge is -2.23. The van der Waals surface area contributed by atoms with Crippen molar-refractivity contribution >= 4 is 18.3 Å². The molecule has 4 nitrogen and oxygen atoms in total. The largest absolute Gasteiger partial charge is 0.344 e. The third-order valence-corrected chi connectivity index (χ3v) is 2.81. The summed E-state index contributed by atoms with van der Waals surface area (Å²) < 4.78 is 0. The number of hydrogen-bond acceptors (Lipinski definition) is 3. The fourth-order valence-electron chi connectivity index (χ4n) is 1.48. The van der Waals surface area contributed by atoms with Gasteiger partial charge in [0.15, 0.2) is 0 Å². The number of pyridine rings is 1. The summed E-state index contributed by atoms with van der Waals surface area (Å²) in [6.07, 6.45) is 2.52. The number of likely N-dealkylation sites (N-methyl/N-ethyl adjacent to an activating group) is 1. The van der Waals surface area contributed by atoms with Crippen molar-refractivity contribution < 1.29 is 4.79 Å². The maximum Gasteiger partial charge on any atom is 0.239 e. The summed E-state index contributed by atoms with van der Waals surface area (Å²) >= 11 is 0. The molecule has 1 heterocycles. The highest BCUT2D eigenvalue weighted by Gasteiger charge is 2.20. The van der Waals surface area contributed by atoms with Crippen molar-refractivity contribution in [3.05, 3.63) is 30.1 Å². The van der Waals surface area contributed by atoms with E-state index in [4.69, 9.17) is 5.73 Å². The normalized spacial score (nSPS) is 11.8. The van der Waals surface area contributed by atoms with E-state index in [0.717, 1.165) is 12.1 Å². The van der Waals surface area contributed by atoms with Crippen LogP contribution in [0, 0.1) is 5.92 Å². The summed E-state index contributed by atoms with van der Waals surface area (Å²) in [6.45, 7) is 4.56. The molecule has 0 aromatic carbocycles. The lowest BCUT2D eigenvalue weighted by molar-refractivity contribution is -0.132. The highest BCUT2D eigenvalue weighted by molar-refractivity contribution is 5.85. The highest BCUT2D eigenvalue weighted by atomic mass is 35.5. The molecule has 5 heteroatoms. The van der Waals surface area contributed by atoms with E-state index in [1.165, 1.54) is 0 Å². The van der Waals surface area contributed by atoms with Gasteiger partial charge in [-0.2, -0.15) is 0 Å². The van der Waals surface area contributed by atoms with E-state index in [9.17, 15) is 4.79 Å². The monoisotopic (exact) mass is 271 g/mol. The van der Waals surface area contributed by atoms with E-state index in [2.05, 4.69) is 4.98 Å². The average molecular weight is 272 g/mol. The van der Waals surface area contributed by atoms with Crippen molar-refractivity contribution in [1.29, 1.82) is 0 Å². The second-order valence-corrected chi connectivity index (χ2v) is 4.60. The fraction of sp³-hybridized carbons (Fsp3) is 0.538. The summed E-state index contributed by atoms with van der Waals surface area (Å²) in [4.78, 5) is 17.8. The molecule has 1 amide bonds. The maximum absolute atomic E-state index is 11.9.